The molecule has 1 aromatic heterocycles. The van der Waals surface area contributed by atoms with Gasteiger partial charge in [0.15, 0.2) is 0 Å². The molecule has 0 aliphatic carbocycles. The first-order chi connectivity index (χ1) is 14.1. The molecular formula is C24H26F3NO2. The number of hydrogen-bond acceptors (Lipinski definition) is 3. The lowest BCUT2D eigenvalue weighted by Crippen LogP contribution is -2.23. The average molecular weight is 417 g/mol. The zero-order valence-electron chi connectivity index (χ0n) is 17.1. The molecule has 160 valence electrons. The lowest BCUT2D eigenvalue weighted by molar-refractivity contribution is -0.137. The molecular weight excluding hydrogens is 391 g/mol. The second-order valence-corrected chi connectivity index (χ2v) is 8.22. The summed E-state index contributed by atoms with van der Waals surface area (Å²) in [6, 6.07) is 18.8. The van der Waals surface area contributed by atoms with E-state index in [1.54, 1.807) is 38.1 Å². The summed E-state index contributed by atoms with van der Waals surface area (Å²) in [6.45, 7) is 3.83. The van der Waals surface area contributed by atoms with E-state index in [-0.39, 0.29) is 19.4 Å². The number of aliphatic hydroxyl groups is 1. The van der Waals surface area contributed by atoms with Crippen LogP contribution < -0.4 is 4.74 Å². The summed E-state index contributed by atoms with van der Waals surface area (Å²) >= 11 is 0. The van der Waals surface area contributed by atoms with Gasteiger partial charge in [-0.25, -0.2) is 4.98 Å². The lowest BCUT2D eigenvalue weighted by Gasteiger charge is -2.31. The first-order valence-corrected chi connectivity index (χ1v) is 9.96. The largest absolute Gasteiger partial charge is 0.487 e. The van der Waals surface area contributed by atoms with Gasteiger partial charge < -0.3 is 9.84 Å². The van der Waals surface area contributed by atoms with Crippen molar-refractivity contribution < 1.29 is 23.0 Å². The highest BCUT2D eigenvalue weighted by atomic mass is 19.4. The van der Waals surface area contributed by atoms with Crippen molar-refractivity contribution in [2.75, 3.05) is 0 Å². The summed E-state index contributed by atoms with van der Waals surface area (Å²) in [4.78, 5) is 4.57. The molecule has 3 nitrogen and oxygen atoms in total. The van der Waals surface area contributed by atoms with Gasteiger partial charge in [-0.15, -0.1) is 0 Å². The number of aromatic nitrogens is 1. The lowest BCUT2D eigenvalue weighted by atomic mass is 9.78. The van der Waals surface area contributed by atoms with Crippen molar-refractivity contribution in [3.05, 3.63) is 71.9 Å². The Morgan fingerprint density at radius 3 is 2.50 bits per heavy atom. The molecule has 3 rings (SSSR count). The van der Waals surface area contributed by atoms with E-state index in [2.05, 4.69) is 4.98 Å². The summed E-state index contributed by atoms with van der Waals surface area (Å²) in [5.74, 6) is 0.576. The second-order valence-electron chi connectivity index (χ2n) is 8.22. The molecule has 1 unspecified atom stereocenters. The molecule has 0 fully saturated rings. The molecule has 0 aliphatic heterocycles. The topological polar surface area (TPSA) is 42.4 Å². The number of rotatable bonds is 8. The van der Waals surface area contributed by atoms with E-state index < -0.39 is 24.1 Å². The minimum atomic E-state index is -4.18. The molecule has 6 heteroatoms. The smallest absolute Gasteiger partial charge is 0.389 e. The fraction of sp³-hybridized carbons (Fsp3) is 0.375. The molecule has 0 radical (unpaired) electrons. The number of aliphatic hydroxyl groups excluding tert-OH is 1. The van der Waals surface area contributed by atoms with Crippen LogP contribution in [0.2, 0.25) is 0 Å². The Balaban J connectivity index is 1.64. The van der Waals surface area contributed by atoms with Gasteiger partial charge >= 0.3 is 6.18 Å². The maximum atomic E-state index is 12.4. The number of nitrogens with zero attached hydrogens (tertiary/aromatic N) is 1. The molecule has 0 saturated carbocycles. The van der Waals surface area contributed by atoms with E-state index in [9.17, 15) is 18.3 Å². The number of para-hydroxylation sites is 1. The maximum Gasteiger partial charge on any atom is 0.389 e. The average Bonchev–Trinajstić information content (AvgIpc) is 2.70. The van der Waals surface area contributed by atoms with E-state index in [4.69, 9.17) is 4.74 Å². The molecule has 1 heterocycles. The number of ether oxygens (including phenoxy) is 1. The molecule has 1 atom stereocenters. The third-order valence-corrected chi connectivity index (χ3v) is 5.24. The summed E-state index contributed by atoms with van der Waals surface area (Å²) in [6.07, 6.45) is -5.67. The van der Waals surface area contributed by atoms with Crippen molar-refractivity contribution in [2.24, 2.45) is 5.41 Å². The third-order valence-electron chi connectivity index (χ3n) is 5.24. The molecule has 3 aromatic rings. The van der Waals surface area contributed by atoms with Gasteiger partial charge in [-0.1, -0.05) is 50.2 Å². The number of fused-ring (bicyclic) bond motifs is 1. The van der Waals surface area contributed by atoms with Crippen molar-refractivity contribution in [3.8, 4) is 5.75 Å². The molecule has 0 bridgehead atoms. The Hall–Kier alpha value is -2.60. The van der Waals surface area contributed by atoms with Gasteiger partial charge in [0.2, 0.25) is 0 Å². The third kappa shape index (κ3) is 5.95. The van der Waals surface area contributed by atoms with Gasteiger partial charge in [0.25, 0.3) is 0 Å². The van der Waals surface area contributed by atoms with E-state index in [0.29, 0.717) is 11.3 Å². The molecule has 2 aromatic carbocycles. The SMILES string of the molecule is CC(C)(CCCC(F)(F)F)C(O)c1cccc(OCc2ccc3ccccc3n2)c1. The van der Waals surface area contributed by atoms with E-state index in [1.165, 1.54) is 0 Å². The standard InChI is InChI=1S/C24H26F3NO2/c1-23(2,13-6-14-24(25,26)27)22(29)18-8-5-9-20(15-18)30-16-19-12-11-17-7-3-4-10-21(17)28-19/h3-5,7-12,15,22,29H,6,13-14,16H2,1-2H3. The first kappa shape index (κ1) is 22.1. The highest BCUT2D eigenvalue weighted by Crippen LogP contribution is 2.39. The van der Waals surface area contributed by atoms with Gasteiger partial charge in [-0.05, 0) is 48.1 Å². The molecule has 0 spiro atoms. The highest BCUT2D eigenvalue weighted by molar-refractivity contribution is 5.78. The second kappa shape index (κ2) is 9.04. The molecule has 1 N–H and O–H groups in total. The van der Waals surface area contributed by atoms with Crippen molar-refractivity contribution in [2.45, 2.75) is 52.0 Å². The Labute approximate surface area is 174 Å². The van der Waals surface area contributed by atoms with Crippen molar-refractivity contribution in [3.63, 3.8) is 0 Å². The van der Waals surface area contributed by atoms with Crippen LogP contribution in [0.5, 0.6) is 5.75 Å². The van der Waals surface area contributed by atoms with Gasteiger partial charge in [0, 0.05) is 11.8 Å². The summed E-state index contributed by atoms with van der Waals surface area (Å²) in [5, 5.41) is 11.8. The molecule has 0 saturated heterocycles. The number of halogens is 3. The summed E-state index contributed by atoms with van der Waals surface area (Å²) < 4.78 is 43.2. The normalized spacial score (nSPS) is 13.4. The fourth-order valence-electron chi connectivity index (χ4n) is 3.45. The van der Waals surface area contributed by atoms with Crippen LogP contribution in [0.4, 0.5) is 13.2 Å². The fourth-order valence-corrected chi connectivity index (χ4v) is 3.45. The quantitative estimate of drug-likeness (QED) is 0.449. The Kier molecular flexibility index (Phi) is 6.66. The van der Waals surface area contributed by atoms with Crippen LogP contribution in [0.1, 0.15) is 50.5 Å². The Bertz CT molecular complexity index is 985. The maximum absolute atomic E-state index is 12.4. The van der Waals surface area contributed by atoms with Gasteiger partial charge in [0.05, 0.1) is 17.3 Å². The molecule has 30 heavy (non-hydrogen) atoms. The Morgan fingerprint density at radius 2 is 1.73 bits per heavy atom. The zero-order valence-corrected chi connectivity index (χ0v) is 17.1. The summed E-state index contributed by atoms with van der Waals surface area (Å²) in [7, 11) is 0. The predicted molar refractivity (Wildman–Crippen MR) is 111 cm³/mol. The van der Waals surface area contributed by atoms with Crippen LogP contribution in [0.25, 0.3) is 10.9 Å². The van der Waals surface area contributed by atoms with Gasteiger partial charge in [0.1, 0.15) is 12.4 Å². The van der Waals surface area contributed by atoms with Crippen LogP contribution in [0.3, 0.4) is 0 Å². The summed E-state index contributed by atoms with van der Waals surface area (Å²) in [5.41, 5.74) is 1.61. The minimum absolute atomic E-state index is 0.0165. The predicted octanol–water partition coefficient (Wildman–Crippen LogP) is 6.61. The van der Waals surface area contributed by atoms with Crippen LogP contribution in [0.15, 0.2) is 60.7 Å². The van der Waals surface area contributed by atoms with Crippen molar-refractivity contribution in [1.82, 2.24) is 4.98 Å². The van der Waals surface area contributed by atoms with Crippen molar-refractivity contribution in [1.29, 1.82) is 0 Å². The highest BCUT2D eigenvalue weighted by Gasteiger charge is 2.32. The van der Waals surface area contributed by atoms with Crippen LogP contribution in [0, 0.1) is 5.41 Å². The number of pyridine rings is 1. The van der Waals surface area contributed by atoms with E-state index >= 15 is 0 Å². The van der Waals surface area contributed by atoms with Gasteiger partial charge in [-0.2, -0.15) is 13.2 Å². The Morgan fingerprint density at radius 1 is 0.967 bits per heavy atom. The van der Waals surface area contributed by atoms with E-state index in [0.717, 1.165) is 16.6 Å². The number of alkyl halides is 3. The monoisotopic (exact) mass is 417 g/mol. The van der Waals surface area contributed by atoms with Crippen LogP contribution in [-0.4, -0.2) is 16.3 Å². The zero-order chi connectivity index (χ0) is 21.8. The number of benzene rings is 2. The van der Waals surface area contributed by atoms with E-state index in [1.807, 2.05) is 36.4 Å². The molecule has 0 amide bonds. The minimum Gasteiger partial charge on any atom is -0.487 e. The molecule has 0 aliphatic rings. The van der Waals surface area contributed by atoms with Crippen molar-refractivity contribution >= 4 is 10.9 Å². The first-order valence-electron chi connectivity index (χ1n) is 9.96. The van der Waals surface area contributed by atoms with Crippen LogP contribution >= 0.6 is 0 Å². The number of hydrogen-bond donors (Lipinski definition) is 1. The van der Waals surface area contributed by atoms with Crippen LogP contribution in [-0.2, 0) is 6.61 Å². The van der Waals surface area contributed by atoms with Gasteiger partial charge in [-0.3, -0.25) is 0 Å².